The molecule has 0 fully saturated rings. The maximum Gasteiger partial charge on any atom is 0.271 e. The minimum absolute atomic E-state index is 0.193. The Labute approximate surface area is 91.9 Å². The number of nitrogens with two attached hydrogens (primary N) is 1. The molecule has 2 aromatic rings. The van der Waals surface area contributed by atoms with Gasteiger partial charge < -0.3 is 16.0 Å². The quantitative estimate of drug-likeness (QED) is 0.689. The van der Waals surface area contributed by atoms with E-state index in [0.29, 0.717) is 6.54 Å². The Morgan fingerprint density at radius 1 is 1.44 bits per heavy atom. The van der Waals surface area contributed by atoms with Crippen molar-refractivity contribution in [1.29, 1.82) is 0 Å². The lowest BCUT2D eigenvalue weighted by molar-refractivity contribution is 0.0947. The molecule has 6 nitrogen and oxygen atoms in total. The number of hydrogen-bond donors (Lipinski definition) is 3. The monoisotopic (exact) mass is 217 g/mol. The summed E-state index contributed by atoms with van der Waals surface area (Å²) in [6.07, 6.45) is 3.05. The molecule has 0 aromatic carbocycles. The zero-order valence-corrected chi connectivity index (χ0v) is 8.47. The molecule has 6 heteroatoms. The van der Waals surface area contributed by atoms with Crippen molar-refractivity contribution in [3.63, 3.8) is 0 Å². The molecule has 0 aliphatic heterocycles. The van der Waals surface area contributed by atoms with Gasteiger partial charge in [0.1, 0.15) is 5.69 Å². The molecular weight excluding hydrogens is 206 g/mol. The summed E-state index contributed by atoms with van der Waals surface area (Å²) in [5.41, 5.74) is 6.55. The van der Waals surface area contributed by atoms with Gasteiger partial charge in [-0.2, -0.15) is 0 Å². The number of imidazole rings is 1. The highest BCUT2D eigenvalue weighted by atomic mass is 16.1. The number of carbonyl (C=O) groups is 1. The van der Waals surface area contributed by atoms with Crippen LogP contribution in [-0.4, -0.2) is 20.9 Å². The van der Waals surface area contributed by atoms with E-state index < -0.39 is 0 Å². The highest BCUT2D eigenvalue weighted by Crippen LogP contribution is 2.03. The zero-order valence-electron chi connectivity index (χ0n) is 8.47. The van der Waals surface area contributed by atoms with Crippen molar-refractivity contribution in [2.75, 3.05) is 5.73 Å². The van der Waals surface area contributed by atoms with Crippen LogP contribution in [0.15, 0.2) is 30.7 Å². The molecule has 0 atom stereocenters. The smallest absolute Gasteiger partial charge is 0.271 e. The van der Waals surface area contributed by atoms with Gasteiger partial charge >= 0.3 is 0 Å². The van der Waals surface area contributed by atoms with Gasteiger partial charge in [0.25, 0.3) is 5.91 Å². The Bertz CT molecular complexity index is 479. The zero-order chi connectivity index (χ0) is 11.4. The van der Waals surface area contributed by atoms with Gasteiger partial charge in [-0.3, -0.25) is 9.78 Å². The summed E-state index contributed by atoms with van der Waals surface area (Å²) >= 11 is 0. The summed E-state index contributed by atoms with van der Waals surface area (Å²) in [4.78, 5) is 22.1. The maximum absolute atomic E-state index is 11.6. The summed E-state index contributed by atoms with van der Waals surface area (Å²) < 4.78 is 0. The molecule has 2 rings (SSSR count). The highest BCUT2D eigenvalue weighted by Gasteiger charge is 2.11. The normalized spacial score (nSPS) is 10.0. The van der Waals surface area contributed by atoms with Gasteiger partial charge in [-0.05, 0) is 12.1 Å². The van der Waals surface area contributed by atoms with E-state index in [1.807, 2.05) is 18.2 Å². The second kappa shape index (κ2) is 4.43. The molecule has 1 amide bonds. The highest BCUT2D eigenvalue weighted by molar-refractivity contribution is 5.96. The number of rotatable bonds is 3. The Hall–Kier alpha value is -2.37. The molecule has 0 aliphatic rings. The number of pyridine rings is 1. The van der Waals surface area contributed by atoms with Crippen LogP contribution in [0.2, 0.25) is 0 Å². The predicted molar refractivity (Wildman–Crippen MR) is 58.4 cm³/mol. The second-order valence-electron chi connectivity index (χ2n) is 3.17. The number of hydrogen-bond acceptors (Lipinski definition) is 4. The number of amides is 1. The molecule has 0 bridgehead atoms. The summed E-state index contributed by atoms with van der Waals surface area (Å²) in [6, 6.07) is 5.51. The van der Waals surface area contributed by atoms with E-state index in [9.17, 15) is 4.79 Å². The SMILES string of the molecule is Nc1nc[nH]c1C(=O)NCc1ccccn1. The molecule has 2 heterocycles. The first-order valence-electron chi connectivity index (χ1n) is 4.74. The van der Waals surface area contributed by atoms with Crippen molar-refractivity contribution >= 4 is 11.7 Å². The van der Waals surface area contributed by atoms with Crippen LogP contribution in [0.25, 0.3) is 0 Å². The van der Waals surface area contributed by atoms with Gasteiger partial charge in [0.05, 0.1) is 18.6 Å². The van der Waals surface area contributed by atoms with Crippen LogP contribution in [0.1, 0.15) is 16.2 Å². The third-order valence-electron chi connectivity index (χ3n) is 2.05. The van der Waals surface area contributed by atoms with Crippen LogP contribution >= 0.6 is 0 Å². The summed E-state index contributed by atoms with van der Waals surface area (Å²) in [6.45, 7) is 0.359. The lowest BCUT2D eigenvalue weighted by Gasteiger charge is -2.03. The molecule has 2 aromatic heterocycles. The van der Waals surface area contributed by atoms with Gasteiger partial charge in [-0.25, -0.2) is 4.98 Å². The van der Waals surface area contributed by atoms with E-state index in [1.165, 1.54) is 6.33 Å². The molecule has 82 valence electrons. The average Bonchev–Trinajstić information content (AvgIpc) is 2.74. The number of aromatic nitrogens is 3. The molecule has 0 saturated carbocycles. The number of H-pyrrole nitrogens is 1. The predicted octanol–water partition coefficient (Wildman–Crippen LogP) is 0.317. The van der Waals surface area contributed by atoms with Crippen LogP contribution in [0.3, 0.4) is 0 Å². The van der Waals surface area contributed by atoms with Crippen molar-refractivity contribution in [2.45, 2.75) is 6.54 Å². The summed E-state index contributed by atoms with van der Waals surface area (Å²) in [7, 11) is 0. The van der Waals surface area contributed by atoms with E-state index in [-0.39, 0.29) is 17.4 Å². The number of nitrogens with zero attached hydrogens (tertiary/aromatic N) is 2. The van der Waals surface area contributed by atoms with E-state index in [0.717, 1.165) is 5.69 Å². The lowest BCUT2D eigenvalue weighted by atomic mass is 10.3. The van der Waals surface area contributed by atoms with E-state index in [1.54, 1.807) is 6.20 Å². The van der Waals surface area contributed by atoms with Gasteiger partial charge in [-0.15, -0.1) is 0 Å². The van der Waals surface area contributed by atoms with Crippen molar-refractivity contribution < 1.29 is 4.79 Å². The number of carbonyl (C=O) groups excluding carboxylic acids is 1. The molecule has 4 N–H and O–H groups in total. The fraction of sp³-hybridized carbons (Fsp3) is 0.100. The number of anilines is 1. The third-order valence-corrected chi connectivity index (χ3v) is 2.05. The molecule has 0 aliphatic carbocycles. The average molecular weight is 217 g/mol. The number of aromatic amines is 1. The van der Waals surface area contributed by atoms with E-state index >= 15 is 0 Å². The van der Waals surface area contributed by atoms with E-state index in [2.05, 4.69) is 20.3 Å². The minimum atomic E-state index is -0.291. The summed E-state index contributed by atoms with van der Waals surface area (Å²) in [5.74, 6) is -0.0980. The van der Waals surface area contributed by atoms with Gasteiger partial charge in [-0.1, -0.05) is 6.07 Å². The fourth-order valence-electron chi connectivity index (χ4n) is 1.25. The van der Waals surface area contributed by atoms with Gasteiger partial charge in [0.2, 0.25) is 0 Å². The van der Waals surface area contributed by atoms with Crippen LogP contribution in [0.4, 0.5) is 5.82 Å². The first-order valence-corrected chi connectivity index (χ1v) is 4.74. The minimum Gasteiger partial charge on any atom is -0.382 e. The lowest BCUT2D eigenvalue weighted by Crippen LogP contribution is -2.24. The third kappa shape index (κ3) is 2.17. The Kier molecular flexibility index (Phi) is 2.81. The molecule has 0 saturated heterocycles. The van der Waals surface area contributed by atoms with Crippen LogP contribution in [-0.2, 0) is 6.54 Å². The molecule has 0 spiro atoms. The fourth-order valence-corrected chi connectivity index (χ4v) is 1.25. The van der Waals surface area contributed by atoms with Crippen LogP contribution in [0, 0.1) is 0 Å². The standard InChI is InChI=1S/C10H11N5O/c11-9-8(14-6-15-9)10(16)13-5-7-3-1-2-4-12-7/h1-4,6H,5,11H2,(H,13,16)(H,14,15). The van der Waals surface area contributed by atoms with Gasteiger partial charge in [0.15, 0.2) is 5.82 Å². The van der Waals surface area contributed by atoms with Crippen molar-refractivity contribution in [2.24, 2.45) is 0 Å². The van der Waals surface area contributed by atoms with Gasteiger partial charge in [0, 0.05) is 6.20 Å². The van der Waals surface area contributed by atoms with Crippen molar-refractivity contribution in [1.82, 2.24) is 20.3 Å². The Morgan fingerprint density at radius 2 is 2.31 bits per heavy atom. The second-order valence-corrected chi connectivity index (χ2v) is 3.17. The molecule has 0 radical (unpaired) electrons. The maximum atomic E-state index is 11.6. The summed E-state index contributed by atoms with van der Waals surface area (Å²) in [5, 5.41) is 2.69. The molecule has 16 heavy (non-hydrogen) atoms. The Balaban J connectivity index is 1.97. The largest absolute Gasteiger partial charge is 0.382 e. The Morgan fingerprint density at radius 3 is 2.94 bits per heavy atom. The topological polar surface area (TPSA) is 96.7 Å². The van der Waals surface area contributed by atoms with E-state index in [4.69, 9.17) is 5.73 Å². The van der Waals surface area contributed by atoms with Crippen LogP contribution in [0.5, 0.6) is 0 Å². The van der Waals surface area contributed by atoms with Crippen molar-refractivity contribution in [3.05, 3.63) is 42.1 Å². The molecule has 0 unspecified atom stereocenters. The van der Waals surface area contributed by atoms with Crippen molar-refractivity contribution in [3.8, 4) is 0 Å². The number of nitrogens with one attached hydrogen (secondary N) is 2. The van der Waals surface area contributed by atoms with Crippen LogP contribution < -0.4 is 11.1 Å². The molecular formula is C10H11N5O. The number of nitrogen functional groups attached to an aromatic ring is 1. The first kappa shape index (κ1) is 10.2. The first-order chi connectivity index (χ1) is 7.77.